The van der Waals surface area contributed by atoms with Gasteiger partial charge in [0.15, 0.2) is 0 Å². The molecule has 1 amide bonds. The van der Waals surface area contributed by atoms with Gasteiger partial charge in [-0.15, -0.1) is 12.4 Å². The Bertz CT molecular complexity index is 720. The molecule has 0 bridgehead atoms. The highest BCUT2D eigenvalue weighted by molar-refractivity contribution is 5.85. The lowest BCUT2D eigenvalue weighted by Gasteiger charge is -2.18. The van der Waals surface area contributed by atoms with Crippen molar-refractivity contribution in [3.05, 3.63) is 48.0 Å². The molecule has 3 atom stereocenters. The maximum atomic E-state index is 12.6. The van der Waals surface area contributed by atoms with E-state index in [1.807, 2.05) is 12.1 Å². The fourth-order valence-corrected chi connectivity index (χ4v) is 4.35. The largest absolute Gasteiger partial charge is 0.348 e. The molecule has 0 saturated heterocycles. The molecule has 0 radical (unpaired) electrons. The second-order valence-electron chi connectivity index (χ2n) is 7.04. The molecule has 4 heteroatoms. The molecule has 24 heavy (non-hydrogen) atoms. The van der Waals surface area contributed by atoms with Gasteiger partial charge in [-0.1, -0.05) is 49.2 Å². The monoisotopic (exact) mass is 344 g/mol. The Labute approximate surface area is 149 Å². The van der Waals surface area contributed by atoms with Crippen molar-refractivity contribution in [2.75, 3.05) is 6.54 Å². The van der Waals surface area contributed by atoms with Gasteiger partial charge in [0.25, 0.3) is 0 Å². The van der Waals surface area contributed by atoms with E-state index in [0.717, 1.165) is 5.56 Å². The first-order valence-corrected chi connectivity index (χ1v) is 8.77. The van der Waals surface area contributed by atoms with Gasteiger partial charge in [-0.3, -0.25) is 4.79 Å². The van der Waals surface area contributed by atoms with E-state index in [2.05, 4.69) is 35.6 Å². The molecule has 0 aliphatic heterocycles. The zero-order valence-corrected chi connectivity index (χ0v) is 14.6. The second kappa shape index (κ2) is 7.12. The van der Waals surface area contributed by atoms with E-state index < -0.39 is 0 Å². The minimum atomic E-state index is -0.0882. The topological polar surface area (TPSA) is 55.1 Å². The molecule has 2 aromatic rings. The third kappa shape index (κ3) is 3.15. The number of carbonyl (C=O) groups is 1. The number of nitrogens with one attached hydrogen (secondary N) is 1. The van der Waals surface area contributed by atoms with Crippen molar-refractivity contribution in [1.82, 2.24) is 5.32 Å². The number of nitrogens with two attached hydrogens (primary N) is 1. The van der Waals surface area contributed by atoms with E-state index in [4.69, 9.17) is 5.73 Å². The Kier molecular flexibility index (Phi) is 5.12. The molecule has 0 heterocycles. The molecule has 2 saturated carbocycles. The predicted octanol–water partition coefficient (Wildman–Crippen LogP) is 3.81. The molecule has 0 spiro atoms. The summed E-state index contributed by atoms with van der Waals surface area (Å²) in [6.45, 7) is 0.437. The van der Waals surface area contributed by atoms with Gasteiger partial charge in [0.05, 0.1) is 6.04 Å². The van der Waals surface area contributed by atoms with Crippen LogP contribution in [0, 0.1) is 17.8 Å². The number of hydrogen-bond acceptors (Lipinski definition) is 2. The number of hydrogen-bond donors (Lipinski definition) is 2. The number of benzene rings is 2. The molecule has 2 aliphatic carbocycles. The second-order valence-corrected chi connectivity index (χ2v) is 7.04. The van der Waals surface area contributed by atoms with Gasteiger partial charge < -0.3 is 11.1 Å². The molecule has 3 nitrogen and oxygen atoms in total. The first-order valence-electron chi connectivity index (χ1n) is 8.77. The third-order valence-electron chi connectivity index (χ3n) is 5.69. The lowest BCUT2D eigenvalue weighted by Crippen LogP contribution is -2.35. The zero-order valence-electron chi connectivity index (χ0n) is 13.8. The Hall–Kier alpha value is -1.58. The van der Waals surface area contributed by atoms with E-state index >= 15 is 0 Å². The number of halogens is 1. The van der Waals surface area contributed by atoms with Gasteiger partial charge in [0, 0.05) is 12.5 Å². The smallest absolute Gasteiger partial charge is 0.224 e. The van der Waals surface area contributed by atoms with Crippen LogP contribution in [0.5, 0.6) is 0 Å². The summed E-state index contributed by atoms with van der Waals surface area (Å²) in [6, 6.07) is 14.5. The van der Waals surface area contributed by atoms with Crippen LogP contribution < -0.4 is 11.1 Å². The Morgan fingerprint density at radius 3 is 2.42 bits per heavy atom. The van der Waals surface area contributed by atoms with Crippen molar-refractivity contribution in [2.45, 2.75) is 31.7 Å². The molecular weight excluding hydrogens is 320 g/mol. The van der Waals surface area contributed by atoms with Crippen molar-refractivity contribution in [1.29, 1.82) is 0 Å². The molecule has 3 unspecified atom stereocenters. The summed E-state index contributed by atoms with van der Waals surface area (Å²) in [6.07, 6.45) is 5.03. The average molecular weight is 345 g/mol. The van der Waals surface area contributed by atoms with Crippen LogP contribution in [0.15, 0.2) is 42.5 Å². The number of rotatable bonds is 4. The van der Waals surface area contributed by atoms with Gasteiger partial charge in [-0.2, -0.15) is 0 Å². The molecule has 0 aromatic heterocycles. The zero-order chi connectivity index (χ0) is 15.8. The fraction of sp³-hybridized carbons (Fsp3) is 0.450. The Balaban J connectivity index is 0.00000169. The number of carbonyl (C=O) groups excluding carboxylic acids is 1. The van der Waals surface area contributed by atoms with Crippen molar-refractivity contribution < 1.29 is 4.79 Å². The van der Waals surface area contributed by atoms with Crippen LogP contribution >= 0.6 is 12.4 Å². The minimum Gasteiger partial charge on any atom is -0.348 e. The Morgan fingerprint density at radius 1 is 1.08 bits per heavy atom. The van der Waals surface area contributed by atoms with E-state index in [1.54, 1.807) is 0 Å². The summed E-state index contributed by atoms with van der Waals surface area (Å²) in [7, 11) is 0. The number of fused-ring (bicyclic) bond motifs is 2. The predicted molar refractivity (Wildman–Crippen MR) is 100 cm³/mol. The minimum absolute atomic E-state index is 0. The maximum absolute atomic E-state index is 12.6. The van der Waals surface area contributed by atoms with Crippen LogP contribution in [0.3, 0.4) is 0 Å². The first kappa shape index (κ1) is 17.2. The molecule has 3 N–H and O–H groups in total. The summed E-state index contributed by atoms with van der Waals surface area (Å²) < 4.78 is 0. The molecule has 2 aliphatic rings. The summed E-state index contributed by atoms with van der Waals surface area (Å²) >= 11 is 0. The van der Waals surface area contributed by atoms with E-state index in [-0.39, 0.29) is 30.3 Å². The third-order valence-corrected chi connectivity index (χ3v) is 5.69. The van der Waals surface area contributed by atoms with Crippen LogP contribution in [0.4, 0.5) is 0 Å². The van der Waals surface area contributed by atoms with Crippen LogP contribution in [-0.2, 0) is 4.79 Å². The maximum Gasteiger partial charge on any atom is 0.224 e. The van der Waals surface area contributed by atoms with Crippen molar-refractivity contribution in [3.63, 3.8) is 0 Å². The summed E-state index contributed by atoms with van der Waals surface area (Å²) in [5.41, 5.74) is 7.05. The van der Waals surface area contributed by atoms with Gasteiger partial charge in [0.1, 0.15) is 0 Å². The molecule has 4 rings (SSSR count). The molecule has 2 aromatic carbocycles. The van der Waals surface area contributed by atoms with Crippen LogP contribution in [0.1, 0.15) is 37.3 Å². The summed E-state index contributed by atoms with van der Waals surface area (Å²) in [5, 5.41) is 5.61. The molecular formula is C20H25ClN2O. The summed E-state index contributed by atoms with van der Waals surface area (Å²) in [5.74, 6) is 1.73. The van der Waals surface area contributed by atoms with Crippen LogP contribution in [0.2, 0.25) is 0 Å². The van der Waals surface area contributed by atoms with E-state index in [1.165, 1.54) is 36.5 Å². The van der Waals surface area contributed by atoms with Crippen LogP contribution in [-0.4, -0.2) is 12.5 Å². The normalized spacial score (nSPS) is 26.1. The number of amides is 1. The van der Waals surface area contributed by atoms with Gasteiger partial charge in [0.2, 0.25) is 5.91 Å². The highest BCUT2D eigenvalue weighted by Gasteiger charge is 2.54. The SMILES string of the molecule is Cl.NCC(NC(=O)C1C2CCCCC21)c1ccc2ccccc2c1. The van der Waals surface area contributed by atoms with Gasteiger partial charge in [-0.25, -0.2) is 0 Å². The van der Waals surface area contributed by atoms with Crippen molar-refractivity contribution in [3.8, 4) is 0 Å². The highest BCUT2D eigenvalue weighted by Crippen LogP contribution is 2.55. The van der Waals surface area contributed by atoms with Gasteiger partial charge in [-0.05, 0) is 47.1 Å². The average Bonchev–Trinajstić information content (AvgIpc) is 3.33. The molecule has 128 valence electrons. The first-order chi connectivity index (χ1) is 11.3. The van der Waals surface area contributed by atoms with E-state index in [9.17, 15) is 4.79 Å². The quantitative estimate of drug-likeness (QED) is 0.886. The fourth-order valence-electron chi connectivity index (χ4n) is 4.35. The van der Waals surface area contributed by atoms with Crippen molar-refractivity contribution >= 4 is 29.1 Å². The van der Waals surface area contributed by atoms with Gasteiger partial charge >= 0.3 is 0 Å². The van der Waals surface area contributed by atoms with Crippen LogP contribution in [0.25, 0.3) is 10.8 Å². The molecule has 2 fully saturated rings. The summed E-state index contributed by atoms with van der Waals surface area (Å²) in [4.78, 5) is 12.6. The van der Waals surface area contributed by atoms with E-state index in [0.29, 0.717) is 18.4 Å². The standard InChI is InChI=1S/C20H24N2O.ClH/c21-12-18(15-10-9-13-5-1-2-6-14(13)11-15)22-20(23)19-16-7-3-4-8-17(16)19;/h1-2,5-6,9-11,16-19H,3-4,7-8,12,21H2,(H,22,23);1H. The Morgan fingerprint density at radius 2 is 1.75 bits per heavy atom. The highest BCUT2D eigenvalue weighted by atomic mass is 35.5. The lowest BCUT2D eigenvalue weighted by molar-refractivity contribution is -0.123. The van der Waals surface area contributed by atoms with Crippen molar-refractivity contribution in [2.24, 2.45) is 23.5 Å². The lowest BCUT2D eigenvalue weighted by atomic mass is 10.0.